The normalized spacial score (nSPS) is 13.8. The van der Waals surface area contributed by atoms with Crippen LogP contribution in [0.4, 0.5) is 32.0 Å². The predicted octanol–water partition coefficient (Wildman–Crippen LogP) is 7.10. The van der Waals surface area contributed by atoms with Crippen molar-refractivity contribution < 1.29 is 41.0 Å². The quantitative estimate of drug-likeness (QED) is 0.122. The molecule has 3 aromatic rings. The number of hydrogen-bond donors (Lipinski definition) is 2. The zero-order chi connectivity index (χ0) is 29.0. The summed E-state index contributed by atoms with van der Waals surface area (Å²) >= 11 is 0.0206. The van der Waals surface area contributed by atoms with Gasteiger partial charge in [0, 0.05) is 0 Å². The van der Waals surface area contributed by atoms with Crippen molar-refractivity contribution in [1.82, 2.24) is 4.72 Å². The third kappa shape index (κ3) is 6.44. The van der Waals surface area contributed by atoms with Crippen LogP contribution in [0.1, 0.15) is 59.5 Å². The van der Waals surface area contributed by atoms with Crippen LogP contribution in [-0.2, 0) is 11.3 Å². The maximum absolute atomic E-state index is 14.9. The van der Waals surface area contributed by atoms with Crippen LogP contribution >= 0.6 is 11.9 Å². The van der Waals surface area contributed by atoms with Crippen molar-refractivity contribution in [3.05, 3.63) is 94.1 Å². The Morgan fingerprint density at radius 2 is 1.45 bits per heavy atom. The molecule has 40 heavy (non-hydrogen) atoms. The minimum Gasteiger partial charge on any atom is -0.478 e. The molecular weight excluding hydrogens is 558 g/mol. The van der Waals surface area contributed by atoms with E-state index in [1.165, 1.54) is 6.42 Å². The van der Waals surface area contributed by atoms with Crippen molar-refractivity contribution in [2.75, 3.05) is 11.4 Å². The van der Waals surface area contributed by atoms with Gasteiger partial charge in [0.25, 0.3) is 0 Å². The minimum absolute atomic E-state index is 0.0206. The second-order valence-electron chi connectivity index (χ2n) is 9.35. The first-order valence-corrected chi connectivity index (χ1v) is 13.2. The molecule has 0 bridgehead atoms. The molecule has 1 fully saturated rings. The number of anilines is 1. The maximum atomic E-state index is 14.9. The third-order valence-electron chi connectivity index (χ3n) is 6.75. The molecule has 0 radical (unpaired) electrons. The molecule has 0 saturated heterocycles. The van der Waals surface area contributed by atoms with Gasteiger partial charge in [0.15, 0.2) is 23.3 Å². The van der Waals surface area contributed by atoms with Crippen molar-refractivity contribution in [3.8, 4) is 0 Å². The molecular formula is C28H24F6N2O3S. The monoisotopic (exact) mass is 582 g/mol. The highest BCUT2D eigenvalue weighted by Gasteiger charge is 2.27. The molecule has 0 aromatic heterocycles. The molecule has 12 heteroatoms. The van der Waals surface area contributed by atoms with Crippen LogP contribution in [0, 0.1) is 34.9 Å². The third-order valence-corrected chi connectivity index (χ3v) is 7.60. The SMILES string of the molecule is O=C(O)c1ccc(N(Cc2ccc(C3CCCCC3)cc2)C(=O)CNSc2c(F)c(F)c(F)c(F)c2F)c(F)c1. The number of nitrogens with zero attached hydrogens (tertiary/aromatic N) is 1. The fraction of sp³-hybridized carbons (Fsp3) is 0.286. The van der Waals surface area contributed by atoms with Crippen molar-refractivity contribution in [2.24, 2.45) is 0 Å². The van der Waals surface area contributed by atoms with E-state index < -0.39 is 58.2 Å². The van der Waals surface area contributed by atoms with Crippen molar-refractivity contribution >= 4 is 29.5 Å². The summed E-state index contributed by atoms with van der Waals surface area (Å²) < 4.78 is 85.5. The lowest BCUT2D eigenvalue weighted by Crippen LogP contribution is -2.37. The van der Waals surface area contributed by atoms with Gasteiger partial charge in [-0.25, -0.2) is 31.1 Å². The molecule has 5 nitrogen and oxygen atoms in total. The molecule has 0 unspecified atom stereocenters. The van der Waals surface area contributed by atoms with Gasteiger partial charge in [-0.1, -0.05) is 43.5 Å². The zero-order valence-corrected chi connectivity index (χ0v) is 21.8. The lowest BCUT2D eigenvalue weighted by molar-refractivity contribution is -0.117. The number of halogens is 6. The number of rotatable bonds is 9. The van der Waals surface area contributed by atoms with Crippen molar-refractivity contribution in [2.45, 2.75) is 49.5 Å². The first-order chi connectivity index (χ1) is 19.1. The number of aromatic carboxylic acids is 1. The summed E-state index contributed by atoms with van der Waals surface area (Å²) in [6.45, 7) is -0.827. The molecule has 2 N–H and O–H groups in total. The summed E-state index contributed by atoms with van der Waals surface area (Å²) in [6.07, 6.45) is 5.66. The topological polar surface area (TPSA) is 69.6 Å². The fourth-order valence-corrected chi connectivity index (χ4v) is 5.32. The van der Waals surface area contributed by atoms with E-state index in [9.17, 15) is 35.9 Å². The Labute approximate surface area is 230 Å². The van der Waals surface area contributed by atoms with E-state index in [2.05, 4.69) is 4.72 Å². The summed E-state index contributed by atoms with van der Waals surface area (Å²) in [4.78, 5) is 24.1. The average Bonchev–Trinajstić information content (AvgIpc) is 2.96. The lowest BCUT2D eigenvalue weighted by atomic mass is 9.84. The molecule has 3 aromatic carbocycles. The van der Waals surface area contributed by atoms with Gasteiger partial charge in [0.05, 0.1) is 24.3 Å². The maximum Gasteiger partial charge on any atom is 0.335 e. The van der Waals surface area contributed by atoms with Crippen LogP contribution in [0.2, 0.25) is 0 Å². The van der Waals surface area contributed by atoms with Gasteiger partial charge in [-0.3, -0.25) is 9.52 Å². The molecule has 1 aliphatic carbocycles. The van der Waals surface area contributed by atoms with E-state index in [1.54, 1.807) is 12.1 Å². The smallest absolute Gasteiger partial charge is 0.335 e. The molecule has 1 aliphatic rings. The van der Waals surface area contributed by atoms with Gasteiger partial charge < -0.3 is 10.0 Å². The summed E-state index contributed by atoms with van der Waals surface area (Å²) in [5.74, 6) is -13.4. The van der Waals surface area contributed by atoms with E-state index in [4.69, 9.17) is 5.11 Å². The number of carboxylic acid groups (broad SMARTS) is 1. The first kappa shape index (κ1) is 29.5. The molecule has 1 amide bonds. The fourth-order valence-electron chi connectivity index (χ4n) is 4.62. The molecule has 212 valence electrons. The van der Waals surface area contributed by atoms with Gasteiger partial charge >= 0.3 is 5.97 Å². The van der Waals surface area contributed by atoms with Gasteiger partial charge in [-0.05, 0) is 60.0 Å². The second-order valence-corrected chi connectivity index (χ2v) is 10.3. The van der Waals surface area contributed by atoms with Crippen molar-refractivity contribution in [3.63, 3.8) is 0 Å². The van der Waals surface area contributed by atoms with Gasteiger partial charge in [0.2, 0.25) is 11.7 Å². The largest absolute Gasteiger partial charge is 0.478 e. The summed E-state index contributed by atoms with van der Waals surface area (Å²) in [6, 6.07) is 10.5. The molecule has 0 spiro atoms. The highest BCUT2D eigenvalue weighted by molar-refractivity contribution is 7.97. The van der Waals surface area contributed by atoms with E-state index in [0.29, 0.717) is 11.5 Å². The van der Waals surface area contributed by atoms with E-state index in [0.717, 1.165) is 54.3 Å². The average molecular weight is 583 g/mol. The second kappa shape index (κ2) is 12.8. The number of benzene rings is 3. The Bertz CT molecular complexity index is 1390. The number of amides is 1. The van der Waals surface area contributed by atoms with Gasteiger partial charge in [0.1, 0.15) is 10.7 Å². The highest BCUT2D eigenvalue weighted by atomic mass is 32.2. The minimum atomic E-state index is -2.31. The van der Waals surface area contributed by atoms with Crippen LogP contribution in [0.15, 0.2) is 47.4 Å². The molecule has 4 rings (SSSR count). The van der Waals surface area contributed by atoms with Crippen molar-refractivity contribution in [1.29, 1.82) is 0 Å². The van der Waals surface area contributed by atoms with Crippen LogP contribution < -0.4 is 9.62 Å². The number of carbonyl (C=O) groups excluding carboxylic acids is 1. The van der Waals surface area contributed by atoms with Gasteiger partial charge in [-0.2, -0.15) is 0 Å². The highest BCUT2D eigenvalue weighted by Crippen LogP contribution is 2.33. The Kier molecular flexibility index (Phi) is 9.41. The van der Waals surface area contributed by atoms with Crippen LogP contribution in [-0.4, -0.2) is 23.5 Å². The molecule has 0 atom stereocenters. The molecule has 0 heterocycles. The molecule has 0 aliphatic heterocycles. The Morgan fingerprint density at radius 1 is 0.850 bits per heavy atom. The summed E-state index contributed by atoms with van der Waals surface area (Å²) in [5, 5.41) is 9.14. The van der Waals surface area contributed by atoms with Crippen LogP contribution in [0.5, 0.6) is 0 Å². The van der Waals surface area contributed by atoms with Crippen LogP contribution in [0.3, 0.4) is 0 Å². The Balaban J connectivity index is 1.55. The Morgan fingerprint density at radius 3 is 2.02 bits per heavy atom. The van der Waals surface area contributed by atoms with E-state index in [1.807, 2.05) is 12.1 Å². The molecule has 1 saturated carbocycles. The van der Waals surface area contributed by atoms with Gasteiger partial charge in [-0.15, -0.1) is 0 Å². The summed E-state index contributed by atoms with van der Waals surface area (Å²) in [5.41, 5.74) is 1.18. The number of carbonyl (C=O) groups is 2. The zero-order valence-electron chi connectivity index (χ0n) is 21.0. The van der Waals surface area contributed by atoms with E-state index in [-0.39, 0.29) is 29.7 Å². The summed E-state index contributed by atoms with van der Waals surface area (Å²) in [7, 11) is 0. The van der Waals surface area contributed by atoms with E-state index >= 15 is 0 Å². The number of nitrogens with one attached hydrogen (secondary N) is 1. The lowest BCUT2D eigenvalue weighted by Gasteiger charge is -2.25. The Hall–Kier alpha value is -3.51. The first-order valence-electron chi connectivity index (χ1n) is 12.4. The standard InChI is InChI=1S/C28H24F6N2O3S/c29-19-12-18(28(38)39)10-11-20(19)36(14-15-6-8-17(9-7-15)16-4-2-1-3-5-16)21(37)13-35-40-27-25(33)23(31)22(30)24(32)26(27)34/h6-12,16,35H,1-5,13-14H2,(H,38,39). The number of carboxylic acids is 1. The predicted molar refractivity (Wildman–Crippen MR) is 137 cm³/mol. The number of hydrogen-bond acceptors (Lipinski definition) is 4. The van der Waals surface area contributed by atoms with Crippen LogP contribution in [0.25, 0.3) is 0 Å².